The van der Waals surface area contributed by atoms with Crippen molar-refractivity contribution in [3.63, 3.8) is 0 Å². The maximum absolute atomic E-state index is 12.1. The molecular formula is C11H12F3NO. The van der Waals surface area contributed by atoms with E-state index in [4.69, 9.17) is 0 Å². The second-order valence-electron chi connectivity index (χ2n) is 3.86. The molecule has 88 valence electrons. The summed E-state index contributed by atoms with van der Waals surface area (Å²) >= 11 is 0. The fourth-order valence-corrected chi connectivity index (χ4v) is 1.61. The molecule has 1 aliphatic carbocycles. The zero-order valence-corrected chi connectivity index (χ0v) is 8.77. The Kier molecular flexibility index (Phi) is 2.69. The minimum atomic E-state index is -4.63. The Hall–Kier alpha value is -1.39. The van der Waals surface area contributed by atoms with Gasteiger partial charge in [0.25, 0.3) is 0 Å². The molecule has 0 radical (unpaired) electrons. The summed E-state index contributed by atoms with van der Waals surface area (Å²) in [7, 11) is 1.67. The summed E-state index contributed by atoms with van der Waals surface area (Å²) < 4.78 is 40.2. The van der Waals surface area contributed by atoms with Gasteiger partial charge in [0.05, 0.1) is 0 Å². The zero-order valence-electron chi connectivity index (χ0n) is 8.77. The number of anilines is 1. The molecule has 2 rings (SSSR count). The van der Waals surface area contributed by atoms with Crippen molar-refractivity contribution >= 4 is 5.69 Å². The molecule has 1 N–H and O–H groups in total. The molecule has 0 saturated heterocycles. The standard InChI is InChI=1S/C11H12F3NO/c1-15-9-4-8(7-2-3-7)5-10(6-9)16-11(12,13)14/h4-7,15H,2-3H2,1H3. The summed E-state index contributed by atoms with van der Waals surface area (Å²) in [4.78, 5) is 0. The van der Waals surface area contributed by atoms with Gasteiger partial charge < -0.3 is 10.1 Å². The lowest BCUT2D eigenvalue weighted by molar-refractivity contribution is -0.274. The van der Waals surface area contributed by atoms with E-state index < -0.39 is 6.36 Å². The molecular weight excluding hydrogens is 219 g/mol. The highest BCUT2D eigenvalue weighted by Crippen LogP contribution is 2.42. The smallest absolute Gasteiger partial charge is 0.406 e. The van der Waals surface area contributed by atoms with Crippen LogP contribution in [-0.4, -0.2) is 13.4 Å². The van der Waals surface area contributed by atoms with E-state index in [1.165, 1.54) is 12.1 Å². The van der Waals surface area contributed by atoms with E-state index >= 15 is 0 Å². The second-order valence-corrected chi connectivity index (χ2v) is 3.86. The maximum atomic E-state index is 12.1. The van der Waals surface area contributed by atoms with Gasteiger partial charge in [-0.05, 0) is 36.5 Å². The van der Waals surface area contributed by atoms with Crippen molar-refractivity contribution in [2.45, 2.75) is 25.1 Å². The molecule has 1 aliphatic rings. The fraction of sp³-hybridized carbons (Fsp3) is 0.455. The zero-order chi connectivity index (χ0) is 11.8. The topological polar surface area (TPSA) is 21.3 Å². The van der Waals surface area contributed by atoms with Crippen molar-refractivity contribution in [2.24, 2.45) is 0 Å². The van der Waals surface area contributed by atoms with Crippen LogP contribution in [0.4, 0.5) is 18.9 Å². The number of halogens is 3. The van der Waals surface area contributed by atoms with Crippen LogP contribution in [0.3, 0.4) is 0 Å². The lowest BCUT2D eigenvalue weighted by atomic mass is 10.1. The van der Waals surface area contributed by atoms with Gasteiger partial charge in [-0.1, -0.05) is 0 Å². The highest BCUT2D eigenvalue weighted by molar-refractivity contribution is 5.52. The van der Waals surface area contributed by atoms with E-state index in [2.05, 4.69) is 10.1 Å². The fourth-order valence-electron chi connectivity index (χ4n) is 1.61. The molecule has 16 heavy (non-hydrogen) atoms. The third-order valence-corrected chi connectivity index (χ3v) is 2.50. The summed E-state index contributed by atoms with van der Waals surface area (Å²) in [6.45, 7) is 0. The molecule has 0 atom stereocenters. The molecule has 0 heterocycles. The Bertz CT molecular complexity index is 385. The Labute approximate surface area is 91.4 Å². The highest BCUT2D eigenvalue weighted by Gasteiger charge is 2.32. The van der Waals surface area contributed by atoms with E-state index in [1.54, 1.807) is 7.05 Å². The van der Waals surface area contributed by atoms with Gasteiger partial charge in [0.15, 0.2) is 0 Å². The van der Waals surface area contributed by atoms with Crippen LogP contribution >= 0.6 is 0 Å². The van der Waals surface area contributed by atoms with Crippen molar-refractivity contribution in [3.8, 4) is 5.75 Å². The Balaban J connectivity index is 2.25. The predicted octanol–water partition coefficient (Wildman–Crippen LogP) is 3.50. The highest BCUT2D eigenvalue weighted by atomic mass is 19.4. The quantitative estimate of drug-likeness (QED) is 0.859. The number of hydrogen-bond donors (Lipinski definition) is 1. The normalized spacial score (nSPS) is 16.0. The second kappa shape index (κ2) is 3.88. The molecule has 1 aromatic carbocycles. The van der Waals surface area contributed by atoms with Gasteiger partial charge in [0.2, 0.25) is 0 Å². The van der Waals surface area contributed by atoms with Crippen molar-refractivity contribution in [2.75, 3.05) is 12.4 Å². The first-order valence-electron chi connectivity index (χ1n) is 5.06. The largest absolute Gasteiger partial charge is 0.573 e. The molecule has 1 fully saturated rings. The molecule has 0 unspecified atom stereocenters. The van der Waals surface area contributed by atoms with Gasteiger partial charge in [0.1, 0.15) is 5.75 Å². The van der Waals surface area contributed by atoms with E-state index in [0.717, 1.165) is 18.4 Å². The molecule has 0 aromatic heterocycles. The number of rotatable bonds is 3. The van der Waals surface area contributed by atoms with Crippen LogP contribution in [0, 0.1) is 0 Å². The van der Waals surface area contributed by atoms with Gasteiger partial charge in [-0.2, -0.15) is 0 Å². The third-order valence-electron chi connectivity index (χ3n) is 2.50. The van der Waals surface area contributed by atoms with Gasteiger partial charge >= 0.3 is 6.36 Å². The van der Waals surface area contributed by atoms with Gasteiger partial charge in [-0.3, -0.25) is 0 Å². The first kappa shape index (κ1) is 11.1. The maximum Gasteiger partial charge on any atom is 0.573 e. The van der Waals surface area contributed by atoms with E-state index in [9.17, 15) is 13.2 Å². The monoisotopic (exact) mass is 231 g/mol. The molecule has 1 saturated carbocycles. The third kappa shape index (κ3) is 2.81. The lowest BCUT2D eigenvalue weighted by Gasteiger charge is -2.12. The van der Waals surface area contributed by atoms with Gasteiger partial charge in [-0.15, -0.1) is 13.2 Å². The minimum absolute atomic E-state index is 0.152. The molecule has 2 nitrogen and oxygen atoms in total. The van der Waals surface area contributed by atoms with Crippen molar-refractivity contribution in [3.05, 3.63) is 23.8 Å². The molecule has 1 aromatic rings. The van der Waals surface area contributed by atoms with E-state index in [1.807, 2.05) is 6.07 Å². The first-order valence-corrected chi connectivity index (χ1v) is 5.06. The average Bonchev–Trinajstić information content (AvgIpc) is 2.97. The van der Waals surface area contributed by atoms with E-state index in [-0.39, 0.29) is 5.75 Å². The molecule has 5 heteroatoms. The van der Waals surface area contributed by atoms with Gasteiger partial charge in [0, 0.05) is 18.8 Å². The summed E-state index contributed by atoms with van der Waals surface area (Å²) in [5, 5.41) is 2.83. The summed E-state index contributed by atoms with van der Waals surface area (Å²) in [6.07, 6.45) is -2.55. The lowest BCUT2D eigenvalue weighted by Crippen LogP contribution is -2.17. The van der Waals surface area contributed by atoms with E-state index in [0.29, 0.717) is 11.6 Å². The van der Waals surface area contributed by atoms with Crippen LogP contribution in [-0.2, 0) is 0 Å². The van der Waals surface area contributed by atoms with Crippen molar-refractivity contribution < 1.29 is 17.9 Å². The minimum Gasteiger partial charge on any atom is -0.406 e. The van der Waals surface area contributed by atoms with Crippen LogP contribution in [0.1, 0.15) is 24.3 Å². The Morgan fingerprint density at radius 1 is 1.25 bits per heavy atom. The SMILES string of the molecule is CNc1cc(OC(F)(F)F)cc(C2CC2)c1. The summed E-state index contributed by atoms with van der Waals surface area (Å²) in [6, 6.07) is 4.67. The number of ether oxygens (including phenoxy) is 1. The molecule has 0 amide bonds. The van der Waals surface area contributed by atoms with Crippen LogP contribution in [0.2, 0.25) is 0 Å². The van der Waals surface area contributed by atoms with Crippen molar-refractivity contribution in [1.82, 2.24) is 0 Å². The molecule has 0 aliphatic heterocycles. The Morgan fingerprint density at radius 2 is 1.94 bits per heavy atom. The first-order chi connectivity index (χ1) is 7.48. The Morgan fingerprint density at radius 3 is 2.44 bits per heavy atom. The number of hydrogen-bond acceptors (Lipinski definition) is 2. The summed E-state index contributed by atoms with van der Waals surface area (Å²) in [5.74, 6) is 0.241. The number of alkyl halides is 3. The van der Waals surface area contributed by atoms with Crippen LogP contribution in [0.5, 0.6) is 5.75 Å². The molecule has 0 spiro atoms. The van der Waals surface area contributed by atoms with Crippen LogP contribution in [0.15, 0.2) is 18.2 Å². The van der Waals surface area contributed by atoms with Crippen molar-refractivity contribution in [1.29, 1.82) is 0 Å². The average molecular weight is 231 g/mol. The molecule has 0 bridgehead atoms. The predicted molar refractivity (Wildman–Crippen MR) is 54.6 cm³/mol. The van der Waals surface area contributed by atoms with Crippen LogP contribution in [0.25, 0.3) is 0 Å². The number of benzene rings is 1. The summed E-state index contributed by atoms with van der Waals surface area (Å²) in [5.41, 5.74) is 1.55. The number of nitrogens with one attached hydrogen (secondary N) is 1. The van der Waals surface area contributed by atoms with Crippen LogP contribution < -0.4 is 10.1 Å². The van der Waals surface area contributed by atoms with Gasteiger partial charge in [-0.25, -0.2) is 0 Å².